The Labute approximate surface area is 135 Å². The minimum absolute atomic E-state index is 0.0328. The first-order valence-electron chi connectivity index (χ1n) is 7.18. The molecule has 0 aliphatic carbocycles. The molecule has 5 nitrogen and oxygen atoms in total. The Balaban J connectivity index is 2.27. The van der Waals surface area contributed by atoms with Crippen molar-refractivity contribution in [1.29, 1.82) is 0 Å². The SMILES string of the molecule is COC(=O)CC1c2ccccc2-c2ccccc2N1S(C)(=O)=O. The standard InChI is InChI=1S/C17H17NO4S/c1-22-17(19)11-16-14-9-4-3-7-12(14)13-8-5-6-10-15(13)18(16)23(2,20)21/h3-10,16H,11H2,1-2H3. The lowest BCUT2D eigenvalue weighted by Gasteiger charge is -2.37. The summed E-state index contributed by atoms with van der Waals surface area (Å²) >= 11 is 0. The number of hydrogen-bond donors (Lipinski definition) is 0. The van der Waals surface area contributed by atoms with Crippen molar-refractivity contribution in [3.63, 3.8) is 0 Å². The minimum Gasteiger partial charge on any atom is -0.469 e. The number of carbonyl (C=O) groups is 1. The molecule has 0 saturated carbocycles. The number of fused-ring (bicyclic) bond motifs is 3. The van der Waals surface area contributed by atoms with Gasteiger partial charge < -0.3 is 4.74 Å². The second-order valence-electron chi connectivity index (χ2n) is 5.46. The van der Waals surface area contributed by atoms with Gasteiger partial charge in [-0.25, -0.2) is 8.42 Å². The Kier molecular flexibility index (Phi) is 3.85. The summed E-state index contributed by atoms with van der Waals surface area (Å²) in [7, 11) is -2.26. The number of nitrogens with zero attached hydrogens (tertiary/aromatic N) is 1. The molecule has 1 atom stereocenters. The molecule has 23 heavy (non-hydrogen) atoms. The molecule has 1 aliphatic rings. The van der Waals surface area contributed by atoms with Gasteiger partial charge in [-0.15, -0.1) is 0 Å². The van der Waals surface area contributed by atoms with Gasteiger partial charge in [-0.05, 0) is 17.2 Å². The second kappa shape index (κ2) is 5.70. The van der Waals surface area contributed by atoms with E-state index in [1.165, 1.54) is 11.4 Å². The summed E-state index contributed by atoms with van der Waals surface area (Å²) in [5, 5.41) is 0. The fourth-order valence-corrected chi connectivity index (χ4v) is 4.23. The number of methoxy groups -OCH3 is 1. The highest BCUT2D eigenvalue weighted by Crippen LogP contribution is 2.46. The second-order valence-corrected chi connectivity index (χ2v) is 7.32. The van der Waals surface area contributed by atoms with Gasteiger partial charge in [0.1, 0.15) is 0 Å². The Hall–Kier alpha value is -2.34. The molecular weight excluding hydrogens is 314 g/mol. The zero-order valence-corrected chi connectivity index (χ0v) is 13.7. The minimum atomic E-state index is -3.56. The molecule has 2 aromatic rings. The first-order chi connectivity index (χ1) is 10.9. The molecule has 0 saturated heterocycles. The Morgan fingerprint density at radius 3 is 2.35 bits per heavy atom. The molecule has 0 bridgehead atoms. The van der Waals surface area contributed by atoms with Crippen molar-refractivity contribution in [2.75, 3.05) is 17.7 Å². The third-order valence-electron chi connectivity index (χ3n) is 3.98. The number of benzene rings is 2. The summed E-state index contributed by atoms with van der Waals surface area (Å²) in [5.41, 5.74) is 3.18. The topological polar surface area (TPSA) is 63.7 Å². The normalized spacial score (nSPS) is 16.4. The number of rotatable bonds is 3. The highest BCUT2D eigenvalue weighted by Gasteiger charge is 2.37. The average molecular weight is 331 g/mol. The number of sulfonamides is 1. The molecule has 120 valence electrons. The van der Waals surface area contributed by atoms with E-state index in [1.54, 1.807) is 12.1 Å². The Morgan fingerprint density at radius 1 is 1.09 bits per heavy atom. The number of anilines is 1. The third kappa shape index (κ3) is 2.70. The van der Waals surface area contributed by atoms with Crippen LogP contribution in [-0.4, -0.2) is 27.8 Å². The lowest BCUT2D eigenvalue weighted by atomic mass is 9.88. The molecule has 1 aliphatic heterocycles. The quantitative estimate of drug-likeness (QED) is 0.811. The van der Waals surface area contributed by atoms with Gasteiger partial charge in [0.25, 0.3) is 0 Å². The van der Waals surface area contributed by atoms with Crippen LogP contribution in [0.3, 0.4) is 0 Å². The number of carbonyl (C=O) groups excluding carboxylic acids is 1. The van der Waals surface area contributed by atoms with Gasteiger partial charge in [-0.2, -0.15) is 0 Å². The van der Waals surface area contributed by atoms with Gasteiger partial charge in [-0.1, -0.05) is 42.5 Å². The van der Waals surface area contributed by atoms with Crippen LogP contribution in [0.4, 0.5) is 5.69 Å². The van der Waals surface area contributed by atoms with Crippen molar-refractivity contribution in [2.45, 2.75) is 12.5 Å². The van der Waals surface area contributed by atoms with Crippen LogP contribution in [0.1, 0.15) is 18.0 Å². The van der Waals surface area contributed by atoms with Crippen LogP contribution in [-0.2, 0) is 19.6 Å². The number of esters is 1. The molecule has 3 rings (SSSR count). The molecule has 2 aromatic carbocycles. The van der Waals surface area contributed by atoms with Crippen LogP contribution in [0.25, 0.3) is 11.1 Å². The third-order valence-corrected chi connectivity index (χ3v) is 5.15. The van der Waals surface area contributed by atoms with Crippen molar-refractivity contribution in [1.82, 2.24) is 0 Å². The summed E-state index contributed by atoms with van der Waals surface area (Å²) in [6.45, 7) is 0. The fourth-order valence-electron chi connectivity index (χ4n) is 3.06. The zero-order chi connectivity index (χ0) is 16.6. The van der Waals surface area contributed by atoms with Crippen molar-refractivity contribution in [2.24, 2.45) is 0 Å². The molecule has 0 N–H and O–H groups in total. The van der Waals surface area contributed by atoms with Gasteiger partial charge in [0.2, 0.25) is 10.0 Å². The van der Waals surface area contributed by atoms with E-state index in [0.717, 1.165) is 22.9 Å². The highest BCUT2D eigenvalue weighted by atomic mass is 32.2. The summed E-state index contributed by atoms with van der Waals surface area (Å²) in [5.74, 6) is -0.446. The predicted molar refractivity (Wildman–Crippen MR) is 88.6 cm³/mol. The summed E-state index contributed by atoms with van der Waals surface area (Å²) < 4.78 is 30.9. The molecule has 0 radical (unpaired) electrons. The van der Waals surface area contributed by atoms with Crippen LogP contribution < -0.4 is 4.31 Å². The van der Waals surface area contributed by atoms with E-state index < -0.39 is 22.0 Å². The predicted octanol–water partition coefficient (Wildman–Crippen LogP) is 2.74. The van der Waals surface area contributed by atoms with Gasteiger partial charge in [-0.3, -0.25) is 9.10 Å². The summed E-state index contributed by atoms with van der Waals surface area (Å²) in [4.78, 5) is 11.8. The lowest BCUT2D eigenvalue weighted by molar-refractivity contribution is -0.141. The Morgan fingerprint density at radius 2 is 1.70 bits per heavy atom. The average Bonchev–Trinajstić information content (AvgIpc) is 2.53. The van der Waals surface area contributed by atoms with Crippen LogP contribution in [0.5, 0.6) is 0 Å². The van der Waals surface area contributed by atoms with Gasteiger partial charge >= 0.3 is 5.97 Å². The fraction of sp³-hybridized carbons (Fsp3) is 0.235. The van der Waals surface area contributed by atoms with E-state index in [4.69, 9.17) is 4.74 Å². The van der Waals surface area contributed by atoms with Crippen molar-refractivity contribution in [3.8, 4) is 11.1 Å². The molecule has 0 aromatic heterocycles. The first-order valence-corrected chi connectivity index (χ1v) is 9.03. The number of para-hydroxylation sites is 1. The first kappa shape index (κ1) is 15.6. The molecule has 0 amide bonds. The lowest BCUT2D eigenvalue weighted by Crippen LogP contribution is -2.38. The van der Waals surface area contributed by atoms with Gasteiger partial charge in [0, 0.05) is 5.56 Å². The van der Waals surface area contributed by atoms with Crippen LogP contribution in [0.2, 0.25) is 0 Å². The smallest absolute Gasteiger partial charge is 0.307 e. The van der Waals surface area contributed by atoms with Crippen molar-refractivity contribution >= 4 is 21.7 Å². The maximum absolute atomic E-state index is 12.4. The number of ether oxygens (including phenoxy) is 1. The van der Waals surface area contributed by atoms with Crippen LogP contribution in [0, 0.1) is 0 Å². The van der Waals surface area contributed by atoms with E-state index in [-0.39, 0.29) is 6.42 Å². The molecular formula is C17H17NO4S. The molecule has 0 spiro atoms. The maximum Gasteiger partial charge on any atom is 0.307 e. The van der Waals surface area contributed by atoms with Crippen molar-refractivity contribution in [3.05, 3.63) is 54.1 Å². The van der Waals surface area contributed by atoms with Gasteiger partial charge in [0.15, 0.2) is 0 Å². The van der Waals surface area contributed by atoms with Crippen LogP contribution >= 0.6 is 0 Å². The maximum atomic E-state index is 12.4. The molecule has 0 fully saturated rings. The van der Waals surface area contributed by atoms with E-state index >= 15 is 0 Å². The highest BCUT2D eigenvalue weighted by molar-refractivity contribution is 7.92. The largest absolute Gasteiger partial charge is 0.469 e. The van der Waals surface area contributed by atoms with E-state index in [0.29, 0.717) is 5.69 Å². The van der Waals surface area contributed by atoms with E-state index in [1.807, 2.05) is 36.4 Å². The molecule has 1 heterocycles. The summed E-state index contributed by atoms with van der Waals surface area (Å²) in [6.07, 6.45) is 1.12. The Bertz CT molecular complexity index is 860. The number of hydrogen-bond acceptors (Lipinski definition) is 4. The monoisotopic (exact) mass is 331 g/mol. The van der Waals surface area contributed by atoms with E-state index in [2.05, 4.69) is 0 Å². The van der Waals surface area contributed by atoms with E-state index in [9.17, 15) is 13.2 Å². The molecule has 1 unspecified atom stereocenters. The van der Waals surface area contributed by atoms with Crippen molar-refractivity contribution < 1.29 is 17.9 Å². The molecule has 6 heteroatoms. The van der Waals surface area contributed by atoms with Gasteiger partial charge in [0.05, 0.1) is 31.5 Å². The summed E-state index contributed by atoms with van der Waals surface area (Å²) in [6, 6.07) is 14.3. The zero-order valence-electron chi connectivity index (χ0n) is 12.9. The van der Waals surface area contributed by atoms with Crippen LogP contribution in [0.15, 0.2) is 48.5 Å².